The van der Waals surface area contributed by atoms with E-state index in [1.807, 2.05) is 37.3 Å². The highest BCUT2D eigenvalue weighted by atomic mass is 16.4. The average Bonchev–Trinajstić information content (AvgIpc) is 3.36. The molecule has 2 unspecified atom stereocenters. The maximum atomic E-state index is 12.2. The van der Waals surface area contributed by atoms with Gasteiger partial charge in [0, 0.05) is 18.5 Å². The average molecular weight is 332 g/mol. The van der Waals surface area contributed by atoms with E-state index in [9.17, 15) is 9.59 Å². The van der Waals surface area contributed by atoms with E-state index >= 15 is 0 Å². The van der Waals surface area contributed by atoms with Gasteiger partial charge in [-0.2, -0.15) is 0 Å². The molecular formula is C19H28N2O3. The fraction of sp³-hybridized carbons (Fsp3) is 0.579. The summed E-state index contributed by atoms with van der Waals surface area (Å²) in [4.78, 5) is 23.0. The van der Waals surface area contributed by atoms with Gasteiger partial charge in [-0.25, -0.2) is 4.79 Å². The molecule has 24 heavy (non-hydrogen) atoms. The molecule has 2 amide bonds. The van der Waals surface area contributed by atoms with Gasteiger partial charge < -0.3 is 15.7 Å². The van der Waals surface area contributed by atoms with Gasteiger partial charge in [0.1, 0.15) is 0 Å². The van der Waals surface area contributed by atoms with Gasteiger partial charge in [-0.1, -0.05) is 43.2 Å². The summed E-state index contributed by atoms with van der Waals surface area (Å²) in [5.74, 6) is 0.0202. The smallest absolute Gasteiger partial charge is 0.315 e. The van der Waals surface area contributed by atoms with Gasteiger partial charge in [-0.05, 0) is 44.1 Å². The lowest BCUT2D eigenvalue weighted by molar-refractivity contribution is -0.137. The highest BCUT2D eigenvalue weighted by Gasteiger charge is 2.22. The van der Waals surface area contributed by atoms with Crippen LogP contribution in [0, 0.1) is 5.92 Å². The fourth-order valence-electron chi connectivity index (χ4n) is 2.84. The van der Waals surface area contributed by atoms with Crippen LogP contribution in [0.2, 0.25) is 0 Å². The van der Waals surface area contributed by atoms with E-state index in [0.29, 0.717) is 12.8 Å². The SMILES string of the molecule is CC(CCC1CC1)NC(=O)NC(CCC(=O)O)Cc1ccccc1. The second kappa shape index (κ2) is 9.30. The molecule has 5 nitrogen and oxygen atoms in total. The highest BCUT2D eigenvalue weighted by Crippen LogP contribution is 2.33. The summed E-state index contributed by atoms with van der Waals surface area (Å²) >= 11 is 0. The van der Waals surface area contributed by atoms with Crippen LogP contribution in [0.1, 0.15) is 51.0 Å². The molecule has 1 aromatic carbocycles. The summed E-state index contributed by atoms with van der Waals surface area (Å²) in [6, 6.07) is 9.58. The summed E-state index contributed by atoms with van der Waals surface area (Å²) in [6.45, 7) is 2.02. The van der Waals surface area contributed by atoms with Crippen molar-refractivity contribution in [1.82, 2.24) is 10.6 Å². The lowest BCUT2D eigenvalue weighted by Gasteiger charge is -2.21. The van der Waals surface area contributed by atoms with Crippen LogP contribution in [-0.4, -0.2) is 29.2 Å². The van der Waals surface area contributed by atoms with E-state index < -0.39 is 5.97 Å². The van der Waals surface area contributed by atoms with Crippen molar-refractivity contribution < 1.29 is 14.7 Å². The van der Waals surface area contributed by atoms with Gasteiger partial charge >= 0.3 is 12.0 Å². The lowest BCUT2D eigenvalue weighted by Crippen LogP contribution is -2.46. The maximum Gasteiger partial charge on any atom is 0.315 e. The first-order valence-electron chi connectivity index (χ1n) is 8.85. The molecule has 5 heteroatoms. The van der Waals surface area contributed by atoms with E-state index in [1.54, 1.807) is 0 Å². The van der Waals surface area contributed by atoms with Gasteiger partial charge in [0.05, 0.1) is 0 Å². The Balaban J connectivity index is 1.80. The Morgan fingerprint density at radius 2 is 1.88 bits per heavy atom. The number of aliphatic carboxylic acids is 1. The van der Waals surface area contributed by atoms with Gasteiger partial charge in [0.25, 0.3) is 0 Å². The quantitative estimate of drug-likeness (QED) is 0.615. The van der Waals surface area contributed by atoms with Crippen molar-refractivity contribution in [3.8, 4) is 0 Å². The van der Waals surface area contributed by atoms with Crippen LogP contribution in [0.5, 0.6) is 0 Å². The minimum Gasteiger partial charge on any atom is -0.481 e. The summed E-state index contributed by atoms with van der Waals surface area (Å²) in [5, 5.41) is 14.8. The number of rotatable bonds is 10. The molecule has 2 atom stereocenters. The Kier molecular flexibility index (Phi) is 7.09. The Labute approximate surface area is 143 Å². The van der Waals surface area contributed by atoms with Crippen LogP contribution in [0.15, 0.2) is 30.3 Å². The summed E-state index contributed by atoms with van der Waals surface area (Å²) < 4.78 is 0. The normalized spacial score (nSPS) is 16.2. The topological polar surface area (TPSA) is 78.4 Å². The van der Waals surface area contributed by atoms with Crippen molar-refractivity contribution in [3.05, 3.63) is 35.9 Å². The largest absolute Gasteiger partial charge is 0.481 e. The molecule has 0 bridgehead atoms. The molecule has 1 aliphatic carbocycles. The molecule has 1 aliphatic rings. The van der Waals surface area contributed by atoms with Crippen LogP contribution in [0.25, 0.3) is 0 Å². The number of nitrogens with one attached hydrogen (secondary N) is 2. The Morgan fingerprint density at radius 3 is 2.50 bits per heavy atom. The van der Waals surface area contributed by atoms with Crippen molar-refractivity contribution >= 4 is 12.0 Å². The number of carboxylic acids is 1. The minimum atomic E-state index is -0.840. The van der Waals surface area contributed by atoms with Crippen LogP contribution in [-0.2, 0) is 11.2 Å². The van der Waals surface area contributed by atoms with Gasteiger partial charge in [0.15, 0.2) is 0 Å². The molecule has 132 valence electrons. The number of urea groups is 1. The monoisotopic (exact) mass is 332 g/mol. The molecule has 2 rings (SSSR count). The van der Waals surface area contributed by atoms with Gasteiger partial charge in [0.2, 0.25) is 0 Å². The van der Waals surface area contributed by atoms with E-state index in [4.69, 9.17) is 5.11 Å². The second-order valence-corrected chi connectivity index (χ2v) is 6.86. The molecule has 0 heterocycles. The Hall–Kier alpha value is -2.04. The second-order valence-electron chi connectivity index (χ2n) is 6.86. The predicted molar refractivity (Wildman–Crippen MR) is 93.9 cm³/mol. The molecule has 1 aromatic rings. The standard InChI is InChI=1S/C19H28N2O3/c1-14(7-8-15-9-10-15)20-19(24)21-17(11-12-18(22)23)13-16-5-3-2-4-6-16/h2-6,14-15,17H,7-13H2,1H3,(H,22,23)(H2,20,21,24). The van der Waals surface area contributed by atoms with Crippen LogP contribution in [0.4, 0.5) is 4.79 Å². The number of carbonyl (C=O) groups is 2. The number of amides is 2. The third-order valence-electron chi connectivity index (χ3n) is 4.45. The zero-order valence-electron chi connectivity index (χ0n) is 14.3. The zero-order chi connectivity index (χ0) is 17.4. The first kappa shape index (κ1) is 18.3. The lowest BCUT2D eigenvalue weighted by atomic mass is 10.0. The Bertz CT molecular complexity index is 529. The molecule has 1 saturated carbocycles. The maximum absolute atomic E-state index is 12.2. The van der Waals surface area contributed by atoms with Crippen molar-refractivity contribution in [1.29, 1.82) is 0 Å². The minimum absolute atomic E-state index is 0.0506. The van der Waals surface area contributed by atoms with E-state index in [2.05, 4.69) is 10.6 Å². The summed E-state index contributed by atoms with van der Waals surface area (Å²) in [6.07, 6.45) is 5.94. The van der Waals surface area contributed by atoms with Crippen LogP contribution < -0.4 is 10.6 Å². The van der Waals surface area contributed by atoms with Crippen molar-refractivity contribution in [2.45, 2.75) is 64.0 Å². The first-order chi connectivity index (χ1) is 11.5. The van der Waals surface area contributed by atoms with E-state index in [-0.39, 0.29) is 24.5 Å². The molecule has 1 fully saturated rings. The summed E-state index contributed by atoms with van der Waals surface area (Å²) in [7, 11) is 0. The molecule has 0 radical (unpaired) electrons. The zero-order valence-corrected chi connectivity index (χ0v) is 14.3. The number of benzene rings is 1. The summed E-state index contributed by atoms with van der Waals surface area (Å²) in [5.41, 5.74) is 1.09. The predicted octanol–water partition coefficient (Wildman–Crippen LogP) is 3.34. The number of hydrogen-bond donors (Lipinski definition) is 3. The number of carboxylic acid groups (broad SMARTS) is 1. The highest BCUT2D eigenvalue weighted by molar-refractivity contribution is 5.74. The molecule has 3 N–H and O–H groups in total. The number of hydrogen-bond acceptors (Lipinski definition) is 2. The number of carbonyl (C=O) groups excluding carboxylic acids is 1. The molecule has 0 saturated heterocycles. The van der Waals surface area contributed by atoms with Crippen molar-refractivity contribution in [2.24, 2.45) is 5.92 Å². The fourth-order valence-corrected chi connectivity index (χ4v) is 2.84. The molecule has 0 aromatic heterocycles. The Morgan fingerprint density at radius 1 is 1.17 bits per heavy atom. The molecule has 0 spiro atoms. The van der Waals surface area contributed by atoms with Gasteiger partial charge in [-0.15, -0.1) is 0 Å². The third-order valence-corrected chi connectivity index (χ3v) is 4.45. The van der Waals surface area contributed by atoms with E-state index in [0.717, 1.165) is 17.9 Å². The van der Waals surface area contributed by atoms with Crippen LogP contribution >= 0.6 is 0 Å². The van der Waals surface area contributed by atoms with Crippen molar-refractivity contribution in [3.63, 3.8) is 0 Å². The van der Waals surface area contributed by atoms with Crippen LogP contribution in [0.3, 0.4) is 0 Å². The third kappa shape index (κ3) is 7.49. The van der Waals surface area contributed by atoms with Gasteiger partial charge in [-0.3, -0.25) is 4.79 Å². The van der Waals surface area contributed by atoms with E-state index in [1.165, 1.54) is 19.3 Å². The molecule has 0 aliphatic heterocycles. The molecular weight excluding hydrogens is 304 g/mol. The first-order valence-corrected chi connectivity index (χ1v) is 8.85. The van der Waals surface area contributed by atoms with Crippen molar-refractivity contribution in [2.75, 3.05) is 0 Å².